The van der Waals surface area contributed by atoms with Gasteiger partial charge >= 0.3 is 0 Å². The number of methoxy groups -OCH3 is 1. The van der Waals surface area contributed by atoms with Gasteiger partial charge in [0.15, 0.2) is 0 Å². The van der Waals surface area contributed by atoms with Crippen LogP contribution in [0.1, 0.15) is 44.0 Å². The zero-order chi connectivity index (χ0) is 18.4. The summed E-state index contributed by atoms with van der Waals surface area (Å²) in [6, 6.07) is 6.96. The third-order valence-electron chi connectivity index (χ3n) is 4.56. The third kappa shape index (κ3) is 5.19. The first-order chi connectivity index (χ1) is 11.9. The molecule has 3 unspecified atom stereocenters. The molecule has 6 nitrogen and oxygen atoms in total. The highest BCUT2D eigenvalue weighted by Gasteiger charge is 2.28. The summed E-state index contributed by atoms with van der Waals surface area (Å²) in [5.41, 5.74) is 0.430. The molecule has 0 spiro atoms. The highest BCUT2D eigenvalue weighted by molar-refractivity contribution is 5.99. The molecular weight excluding hydrogens is 318 g/mol. The Hall–Kier alpha value is -2.08. The Bertz CT molecular complexity index is 603. The number of benzene rings is 1. The minimum Gasteiger partial charge on any atom is -0.496 e. The molecule has 6 heteroatoms. The van der Waals surface area contributed by atoms with Crippen molar-refractivity contribution in [2.24, 2.45) is 5.92 Å². The van der Waals surface area contributed by atoms with E-state index in [-0.39, 0.29) is 23.8 Å². The van der Waals surface area contributed by atoms with Crippen molar-refractivity contribution in [3.8, 4) is 5.75 Å². The number of hydrogen-bond donors (Lipinski definition) is 3. The Balaban J connectivity index is 2.04. The van der Waals surface area contributed by atoms with Gasteiger partial charge in [-0.2, -0.15) is 0 Å². The maximum absolute atomic E-state index is 12.7. The van der Waals surface area contributed by atoms with E-state index in [9.17, 15) is 9.59 Å². The molecule has 1 aromatic carbocycles. The lowest BCUT2D eigenvalue weighted by molar-refractivity contribution is -0.124. The summed E-state index contributed by atoms with van der Waals surface area (Å²) < 4.78 is 5.23. The molecule has 0 aliphatic carbocycles. The van der Waals surface area contributed by atoms with Crippen molar-refractivity contribution in [2.45, 2.75) is 51.7 Å². The van der Waals surface area contributed by atoms with Gasteiger partial charge in [0.05, 0.1) is 12.7 Å². The number of hydrogen-bond acceptors (Lipinski definition) is 4. The lowest BCUT2D eigenvalue weighted by Crippen LogP contribution is -2.54. The molecule has 3 atom stereocenters. The molecule has 2 rings (SSSR count). The Morgan fingerprint density at radius 3 is 2.64 bits per heavy atom. The van der Waals surface area contributed by atoms with Gasteiger partial charge in [0, 0.05) is 12.1 Å². The average Bonchev–Trinajstić information content (AvgIpc) is 2.59. The van der Waals surface area contributed by atoms with Crippen LogP contribution in [0.4, 0.5) is 0 Å². The van der Waals surface area contributed by atoms with Crippen LogP contribution < -0.4 is 20.7 Å². The summed E-state index contributed by atoms with van der Waals surface area (Å²) in [5.74, 6) is 0.0511. The van der Waals surface area contributed by atoms with E-state index in [0.29, 0.717) is 17.4 Å². The van der Waals surface area contributed by atoms with Crippen LogP contribution in [0.3, 0.4) is 0 Å². The van der Waals surface area contributed by atoms with Gasteiger partial charge in [-0.15, -0.1) is 0 Å². The smallest absolute Gasteiger partial charge is 0.255 e. The summed E-state index contributed by atoms with van der Waals surface area (Å²) in [7, 11) is 1.52. The second-order valence-electron chi connectivity index (χ2n) is 6.98. The van der Waals surface area contributed by atoms with E-state index in [1.165, 1.54) is 7.11 Å². The molecule has 1 heterocycles. The maximum atomic E-state index is 12.7. The van der Waals surface area contributed by atoms with E-state index in [0.717, 1.165) is 19.4 Å². The molecule has 25 heavy (non-hydrogen) atoms. The van der Waals surface area contributed by atoms with Gasteiger partial charge in [-0.1, -0.05) is 26.0 Å². The third-order valence-corrected chi connectivity index (χ3v) is 4.56. The minimum absolute atomic E-state index is 0.0159. The van der Waals surface area contributed by atoms with Gasteiger partial charge in [-0.05, 0) is 44.4 Å². The Kier molecular flexibility index (Phi) is 6.82. The van der Waals surface area contributed by atoms with Gasteiger partial charge in [0.1, 0.15) is 11.8 Å². The Morgan fingerprint density at radius 1 is 1.28 bits per heavy atom. The molecule has 1 aliphatic heterocycles. The quantitative estimate of drug-likeness (QED) is 0.732. The zero-order valence-corrected chi connectivity index (χ0v) is 15.5. The lowest BCUT2D eigenvalue weighted by Gasteiger charge is -2.31. The SMILES string of the molecule is COc1ccccc1C(=O)NC(C(=O)NC1CCNC(C)C1)C(C)C. The van der Waals surface area contributed by atoms with Crippen molar-refractivity contribution in [3.63, 3.8) is 0 Å². The predicted molar refractivity (Wildman–Crippen MR) is 97.7 cm³/mol. The van der Waals surface area contributed by atoms with Gasteiger partial charge in [0.2, 0.25) is 5.91 Å². The van der Waals surface area contributed by atoms with Crippen LogP contribution in [-0.2, 0) is 4.79 Å². The molecule has 1 saturated heterocycles. The molecule has 0 aromatic heterocycles. The predicted octanol–water partition coefficient (Wildman–Crippen LogP) is 1.71. The Labute approximate surface area is 149 Å². The van der Waals surface area contributed by atoms with Crippen LogP contribution in [0.2, 0.25) is 0 Å². The second kappa shape index (κ2) is 8.85. The van der Waals surface area contributed by atoms with Gasteiger partial charge < -0.3 is 20.7 Å². The van der Waals surface area contributed by atoms with Crippen LogP contribution in [0.5, 0.6) is 5.75 Å². The fraction of sp³-hybridized carbons (Fsp3) is 0.579. The largest absolute Gasteiger partial charge is 0.496 e. The molecule has 1 aromatic rings. The summed E-state index contributed by atoms with van der Waals surface area (Å²) >= 11 is 0. The first kappa shape index (κ1) is 19.2. The van der Waals surface area contributed by atoms with Crippen molar-refractivity contribution in [2.75, 3.05) is 13.7 Å². The monoisotopic (exact) mass is 347 g/mol. The highest BCUT2D eigenvalue weighted by atomic mass is 16.5. The fourth-order valence-corrected chi connectivity index (χ4v) is 3.14. The van der Waals surface area contributed by atoms with E-state index in [1.54, 1.807) is 24.3 Å². The molecule has 1 aliphatic rings. The number of piperidine rings is 1. The molecule has 1 fully saturated rings. The number of carbonyl (C=O) groups excluding carboxylic acids is 2. The molecule has 0 radical (unpaired) electrons. The molecule has 2 amide bonds. The van der Waals surface area contributed by atoms with Crippen LogP contribution in [0, 0.1) is 5.92 Å². The lowest BCUT2D eigenvalue weighted by atomic mass is 9.98. The van der Waals surface area contributed by atoms with Crippen molar-refractivity contribution in [1.29, 1.82) is 0 Å². The molecule has 0 saturated carbocycles. The number of amides is 2. The molecule has 138 valence electrons. The van der Waals surface area contributed by atoms with E-state index in [1.807, 2.05) is 13.8 Å². The summed E-state index contributed by atoms with van der Waals surface area (Å²) in [6.45, 7) is 6.86. The summed E-state index contributed by atoms with van der Waals surface area (Å²) in [6.07, 6.45) is 1.80. The van der Waals surface area contributed by atoms with E-state index in [2.05, 4.69) is 22.9 Å². The first-order valence-electron chi connectivity index (χ1n) is 8.90. The molecule has 3 N–H and O–H groups in total. The van der Waals surface area contributed by atoms with Crippen LogP contribution in [0.15, 0.2) is 24.3 Å². The topological polar surface area (TPSA) is 79.5 Å². The average molecular weight is 347 g/mol. The molecule has 0 bridgehead atoms. The number of rotatable bonds is 6. The fourth-order valence-electron chi connectivity index (χ4n) is 3.14. The van der Waals surface area contributed by atoms with Crippen LogP contribution >= 0.6 is 0 Å². The first-order valence-corrected chi connectivity index (χ1v) is 8.90. The molecular formula is C19H29N3O3. The van der Waals surface area contributed by atoms with Gasteiger partial charge in [-0.25, -0.2) is 0 Å². The van der Waals surface area contributed by atoms with E-state index < -0.39 is 6.04 Å². The Morgan fingerprint density at radius 2 is 2.00 bits per heavy atom. The van der Waals surface area contributed by atoms with Crippen molar-refractivity contribution in [3.05, 3.63) is 29.8 Å². The van der Waals surface area contributed by atoms with Crippen molar-refractivity contribution in [1.82, 2.24) is 16.0 Å². The van der Waals surface area contributed by atoms with Crippen LogP contribution in [0.25, 0.3) is 0 Å². The number of carbonyl (C=O) groups is 2. The van der Waals surface area contributed by atoms with Gasteiger partial charge in [0.25, 0.3) is 5.91 Å². The van der Waals surface area contributed by atoms with Crippen LogP contribution in [-0.4, -0.2) is 43.6 Å². The summed E-state index contributed by atoms with van der Waals surface area (Å²) in [5, 5.41) is 9.32. The zero-order valence-electron chi connectivity index (χ0n) is 15.5. The maximum Gasteiger partial charge on any atom is 0.255 e. The second-order valence-corrected chi connectivity index (χ2v) is 6.98. The van der Waals surface area contributed by atoms with Crippen molar-refractivity contribution < 1.29 is 14.3 Å². The number of ether oxygens (including phenoxy) is 1. The van der Waals surface area contributed by atoms with E-state index >= 15 is 0 Å². The number of para-hydroxylation sites is 1. The standard InChI is InChI=1S/C19H29N3O3/c1-12(2)17(19(24)21-14-9-10-20-13(3)11-14)22-18(23)15-7-5-6-8-16(15)25-4/h5-8,12-14,17,20H,9-11H2,1-4H3,(H,21,24)(H,22,23). The van der Waals surface area contributed by atoms with Crippen molar-refractivity contribution >= 4 is 11.8 Å². The normalized spacial score (nSPS) is 21.5. The number of nitrogens with one attached hydrogen (secondary N) is 3. The van der Waals surface area contributed by atoms with E-state index in [4.69, 9.17) is 4.74 Å². The summed E-state index contributed by atoms with van der Waals surface area (Å²) in [4.78, 5) is 25.3. The van der Waals surface area contributed by atoms with Gasteiger partial charge in [-0.3, -0.25) is 9.59 Å². The highest BCUT2D eigenvalue weighted by Crippen LogP contribution is 2.18. The minimum atomic E-state index is -0.581.